The molecule has 1 rings (SSSR count). The Labute approximate surface area is 82.6 Å². The number of para-hydroxylation sites is 1. The number of benzene rings is 1. The van der Waals surface area contributed by atoms with Crippen molar-refractivity contribution in [2.45, 2.75) is 0 Å². The number of hydrogen-bond acceptors (Lipinski definition) is 3. The van der Waals surface area contributed by atoms with Gasteiger partial charge in [0.05, 0.1) is 5.56 Å². The summed E-state index contributed by atoms with van der Waals surface area (Å²) in [5.74, 6) is 0.135. The van der Waals surface area contributed by atoms with Gasteiger partial charge in [0.15, 0.2) is 5.78 Å². The molecule has 1 aromatic carbocycles. The number of Topliss-reactive ketones (excluding diaryl/α,β-unsaturated/α-hetero) is 1. The Hall–Kier alpha value is -1.61. The van der Waals surface area contributed by atoms with Crippen molar-refractivity contribution in [2.75, 3.05) is 13.2 Å². The predicted molar refractivity (Wildman–Crippen MR) is 53.6 cm³/mol. The topological polar surface area (TPSA) is 46.5 Å². The monoisotopic (exact) mass is 192 g/mol. The molecule has 0 aliphatic heterocycles. The van der Waals surface area contributed by atoms with Crippen molar-refractivity contribution in [3.63, 3.8) is 0 Å². The van der Waals surface area contributed by atoms with E-state index in [-0.39, 0.29) is 5.78 Å². The number of ketones is 1. The van der Waals surface area contributed by atoms with Crippen LogP contribution in [0.4, 0.5) is 0 Å². The van der Waals surface area contributed by atoms with E-state index in [9.17, 15) is 4.79 Å². The van der Waals surface area contributed by atoms with Crippen LogP contribution in [0.5, 0.6) is 5.75 Å². The highest BCUT2D eigenvalue weighted by Gasteiger charge is 2.09. The van der Waals surface area contributed by atoms with Crippen LogP contribution in [-0.4, -0.2) is 24.1 Å². The lowest BCUT2D eigenvalue weighted by atomic mass is 10.1. The highest BCUT2D eigenvalue weighted by atomic mass is 16.5. The number of carbonyl (C=O) groups is 1. The molecule has 0 saturated carbocycles. The van der Waals surface area contributed by atoms with Crippen molar-refractivity contribution in [3.05, 3.63) is 42.5 Å². The van der Waals surface area contributed by atoms with Crippen molar-refractivity contribution in [1.29, 1.82) is 0 Å². The first-order valence-corrected chi connectivity index (χ1v) is 4.26. The van der Waals surface area contributed by atoms with Crippen LogP contribution in [0.3, 0.4) is 0 Å². The van der Waals surface area contributed by atoms with Crippen molar-refractivity contribution in [3.8, 4) is 5.75 Å². The van der Waals surface area contributed by atoms with Crippen LogP contribution in [-0.2, 0) is 0 Å². The lowest BCUT2D eigenvalue weighted by Crippen LogP contribution is -2.07. The molecule has 1 N–H and O–H groups in total. The highest BCUT2D eigenvalue weighted by Crippen LogP contribution is 2.18. The molecule has 0 fully saturated rings. The molecule has 1 aromatic rings. The summed E-state index contributed by atoms with van der Waals surface area (Å²) < 4.78 is 5.26. The zero-order chi connectivity index (χ0) is 10.4. The summed E-state index contributed by atoms with van der Waals surface area (Å²) in [7, 11) is 0. The molecule has 0 saturated heterocycles. The smallest absolute Gasteiger partial charge is 0.191 e. The number of ether oxygens (including phenoxy) is 1. The summed E-state index contributed by atoms with van der Waals surface area (Å²) in [6, 6.07) is 6.81. The van der Waals surface area contributed by atoms with Crippen LogP contribution in [0.15, 0.2) is 36.9 Å². The third kappa shape index (κ3) is 2.44. The molecule has 0 spiro atoms. The fourth-order valence-corrected chi connectivity index (χ4v) is 1.06. The fraction of sp³-hybridized carbons (Fsp3) is 0.182. The van der Waals surface area contributed by atoms with Gasteiger partial charge in [0.2, 0.25) is 0 Å². The van der Waals surface area contributed by atoms with Crippen LogP contribution in [0.2, 0.25) is 0 Å². The third-order valence-corrected chi connectivity index (χ3v) is 1.69. The highest BCUT2D eigenvalue weighted by molar-refractivity contribution is 5.99. The maximum absolute atomic E-state index is 11.2. The van der Waals surface area contributed by atoms with Crippen LogP contribution >= 0.6 is 0 Å². The Morgan fingerprint density at radius 2 is 2.21 bits per heavy atom. The van der Waals surface area contributed by atoms with Crippen molar-refractivity contribution in [2.24, 2.45) is 0 Å². The summed E-state index contributed by atoms with van der Waals surface area (Å²) in [5, 5.41) is 8.71. The van der Waals surface area contributed by atoms with E-state index in [4.69, 9.17) is 9.84 Å². The standard InChI is InChI=1S/C11H12O3/c1-2-7-14-11-6-4-3-5-9(11)10(13)8-12/h2-6,12H,1,7-8H2. The van der Waals surface area contributed by atoms with E-state index in [2.05, 4.69) is 6.58 Å². The van der Waals surface area contributed by atoms with Crippen LogP contribution in [0.25, 0.3) is 0 Å². The Morgan fingerprint density at radius 1 is 1.50 bits per heavy atom. The second-order valence-electron chi connectivity index (χ2n) is 2.68. The van der Waals surface area contributed by atoms with Crippen LogP contribution < -0.4 is 4.74 Å². The SMILES string of the molecule is C=CCOc1ccccc1C(=O)CO. The molecule has 0 aromatic heterocycles. The van der Waals surface area contributed by atoms with E-state index in [0.717, 1.165) is 0 Å². The van der Waals surface area contributed by atoms with E-state index >= 15 is 0 Å². The lowest BCUT2D eigenvalue weighted by Gasteiger charge is -2.07. The summed E-state index contributed by atoms with van der Waals surface area (Å²) in [4.78, 5) is 11.2. The van der Waals surface area contributed by atoms with Crippen molar-refractivity contribution in [1.82, 2.24) is 0 Å². The van der Waals surface area contributed by atoms with E-state index in [1.807, 2.05) is 0 Å². The van der Waals surface area contributed by atoms with Gasteiger partial charge in [-0.25, -0.2) is 0 Å². The molecule has 0 aliphatic carbocycles. The van der Waals surface area contributed by atoms with Crippen LogP contribution in [0.1, 0.15) is 10.4 Å². The van der Waals surface area contributed by atoms with Gasteiger partial charge in [0.25, 0.3) is 0 Å². The number of aliphatic hydroxyl groups excluding tert-OH is 1. The average Bonchev–Trinajstić information content (AvgIpc) is 2.25. The zero-order valence-electron chi connectivity index (χ0n) is 7.77. The van der Waals surface area contributed by atoms with Gasteiger partial charge in [-0.15, -0.1) is 0 Å². The van der Waals surface area contributed by atoms with Crippen molar-refractivity contribution < 1.29 is 14.6 Å². The van der Waals surface area contributed by atoms with E-state index in [1.165, 1.54) is 0 Å². The number of rotatable bonds is 5. The van der Waals surface area contributed by atoms with Gasteiger partial charge in [-0.1, -0.05) is 24.8 Å². The molecule has 0 unspecified atom stereocenters. The minimum Gasteiger partial charge on any atom is -0.489 e. The van der Waals surface area contributed by atoms with Gasteiger partial charge < -0.3 is 9.84 Å². The summed E-state index contributed by atoms with van der Waals surface area (Å²) in [6.45, 7) is 3.35. The molecular formula is C11H12O3. The molecule has 0 bridgehead atoms. The second-order valence-corrected chi connectivity index (χ2v) is 2.68. The summed E-state index contributed by atoms with van der Waals surface area (Å²) in [5.41, 5.74) is 0.400. The normalized spacial score (nSPS) is 9.50. The molecule has 3 nitrogen and oxygen atoms in total. The Balaban J connectivity index is 2.90. The minimum absolute atomic E-state index is 0.343. The molecule has 74 valence electrons. The Bertz CT molecular complexity index is 331. The van der Waals surface area contributed by atoms with Gasteiger partial charge >= 0.3 is 0 Å². The summed E-state index contributed by atoms with van der Waals surface area (Å²) in [6.07, 6.45) is 1.60. The molecule has 14 heavy (non-hydrogen) atoms. The maximum Gasteiger partial charge on any atom is 0.191 e. The lowest BCUT2D eigenvalue weighted by molar-refractivity contribution is 0.0900. The summed E-state index contributed by atoms with van der Waals surface area (Å²) >= 11 is 0. The van der Waals surface area contributed by atoms with Gasteiger partial charge in [-0.05, 0) is 12.1 Å². The first kappa shape index (κ1) is 10.5. The molecule has 0 radical (unpaired) electrons. The molecular weight excluding hydrogens is 180 g/mol. The quantitative estimate of drug-likeness (QED) is 0.567. The van der Waals surface area contributed by atoms with Gasteiger partial charge in [-0.3, -0.25) is 4.79 Å². The van der Waals surface area contributed by atoms with Gasteiger partial charge in [0, 0.05) is 0 Å². The van der Waals surface area contributed by atoms with Crippen LogP contribution in [0, 0.1) is 0 Å². The Morgan fingerprint density at radius 3 is 2.86 bits per heavy atom. The first-order valence-electron chi connectivity index (χ1n) is 4.26. The Kier molecular flexibility index (Phi) is 3.88. The molecule has 0 heterocycles. The van der Waals surface area contributed by atoms with Crippen molar-refractivity contribution >= 4 is 5.78 Å². The minimum atomic E-state index is -0.505. The molecule has 0 aliphatic rings. The van der Waals surface area contributed by atoms with Gasteiger partial charge in [-0.2, -0.15) is 0 Å². The molecule has 0 atom stereocenters. The van der Waals surface area contributed by atoms with E-state index in [1.54, 1.807) is 30.3 Å². The predicted octanol–water partition coefficient (Wildman–Crippen LogP) is 1.43. The van der Waals surface area contributed by atoms with Gasteiger partial charge in [0.1, 0.15) is 19.0 Å². The van der Waals surface area contributed by atoms with E-state index in [0.29, 0.717) is 17.9 Å². The largest absolute Gasteiger partial charge is 0.489 e. The number of hydrogen-bond donors (Lipinski definition) is 1. The first-order chi connectivity index (χ1) is 6.79. The molecule has 3 heteroatoms. The molecule has 0 amide bonds. The maximum atomic E-state index is 11.2. The fourth-order valence-electron chi connectivity index (χ4n) is 1.06. The number of carbonyl (C=O) groups excluding carboxylic acids is 1. The zero-order valence-corrected chi connectivity index (χ0v) is 7.77. The second kappa shape index (κ2) is 5.19. The average molecular weight is 192 g/mol. The van der Waals surface area contributed by atoms with E-state index < -0.39 is 6.61 Å². The number of aliphatic hydroxyl groups is 1. The third-order valence-electron chi connectivity index (χ3n) is 1.69.